The summed E-state index contributed by atoms with van der Waals surface area (Å²) in [6, 6.07) is 26.5. The van der Waals surface area contributed by atoms with E-state index < -0.39 is 10.0 Å². The fraction of sp³-hybridized carbons (Fsp3) is 0.0435. The molecule has 1 aromatic heterocycles. The van der Waals surface area contributed by atoms with E-state index in [1.807, 2.05) is 30.3 Å². The Morgan fingerprint density at radius 3 is 2.16 bits per heavy atom. The molecule has 0 spiro atoms. The highest BCUT2D eigenvalue weighted by atomic mass is 35.5. The van der Waals surface area contributed by atoms with Gasteiger partial charge in [0.1, 0.15) is 11.8 Å². The predicted octanol–water partition coefficient (Wildman–Crippen LogP) is 4.92. The van der Waals surface area contributed by atoms with Crippen LogP contribution < -0.4 is 4.72 Å². The molecule has 1 N–H and O–H groups in total. The van der Waals surface area contributed by atoms with Crippen molar-refractivity contribution in [3.8, 4) is 17.2 Å². The molecule has 1 heterocycles. The molecule has 31 heavy (non-hydrogen) atoms. The summed E-state index contributed by atoms with van der Waals surface area (Å²) in [6.07, 6.45) is 0. The van der Waals surface area contributed by atoms with Crippen molar-refractivity contribution in [2.75, 3.05) is 4.72 Å². The SMILES string of the molecule is N#Cc1c(-c2ccc(Cl)cc2)c(NS(=O)(=O)c2ccccc2)nn1Cc1ccccc1. The maximum absolute atomic E-state index is 12.9. The van der Waals surface area contributed by atoms with Crippen LogP contribution >= 0.6 is 11.6 Å². The first-order chi connectivity index (χ1) is 15.0. The Kier molecular flexibility index (Phi) is 5.76. The highest BCUT2D eigenvalue weighted by Gasteiger charge is 2.24. The van der Waals surface area contributed by atoms with Crippen LogP contribution in [0.1, 0.15) is 11.3 Å². The minimum atomic E-state index is -3.90. The van der Waals surface area contributed by atoms with E-state index in [-0.39, 0.29) is 16.4 Å². The number of nitrogens with one attached hydrogen (secondary N) is 1. The van der Waals surface area contributed by atoms with Crippen LogP contribution in [-0.2, 0) is 16.6 Å². The van der Waals surface area contributed by atoms with Gasteiger partial charge in [0.25, 0.3) is 10.0 Å². The van der Waals surface area contributed by atoms with Crippen molar-refractivity contribution in [2.24, 2.45) is 0 Å². The molecule has 4 aromatic rings. The van der Waals surface area contributed by atoms with Gasteiger partial charge >= 0.3 is 0 Å². The molecular weight excluding hydrogens is 432 g/mol. The first-order valence-corrected chi connectivity index (χ1v) is 11.2. The standard InChI is InChI=1S/C23H17ClN4O2S/c24-19-13-11-18(12-14-19)22-21(15-25)28(16-17-7-3-1-4-8-17)26-23(22)27-31(29,30)20-9-5-2-6-10-20/h1-14H,16H2,(H,26,27). The molecule has 0 bridgehead atoms. The second-order valence-corrected chi connectivity index (χ2v) is 8.87. The Labute approximate surface area is 185 Å². The first kappa shape index (κ1) is 20.7. The molecule has 0 aliphatic heterocycles. The van der Waals surface area contributed by atoms with E-state index in [9.17, 15) is 13.7 Å². The summed E-state index contributed by atoms with van der Waals surface area (Å²) in [5.41, 5.74) is 2.21. The Morgan fingerprint density at radius 2 is 1.55 bits per heavy atom. The average Bonchev–Trinajstić information content (AvgIpc) is 3.11. The monoisotopic (exact) mass is 448 g/mol. The molecule has 0 atom stereocenters. The first-order valence-electron chi connectivity index (χ1n) is 9.36. The molecule has 0 fully saturated rings. The van der Waals surface area contributed by atoms with Crippen molar-refractivity contribution in [1.29, 1.82) is 5.26 Å². The number of hydrogen-bond acceptors (Lipinski definition) is 4. The topological polar surface area (TPSA) is 87.8 Å². The molecule has 4 rings (SSSR count). The van der Waals surface area contributed by atoms with Crippen LogP contribution in [-0.4, -0.2) is 18.2 Å². The second kappa shape index (κ2) is 8.64. The Bertz CT molecular complexity index is 1340. The highest BCUT2D eigenvalue weighted by Crippen LogP contribution is 2.33. The van der Waals surface area contributed by atoms with E-state index >= 15 is 0 Å². The zero-order chi connectivity index (χ0) is 21.8. The lowest BCUT2D eigenvalue weighted by molar-refractivity contribution is 0.600. The molecule has 3 aromatic carbocycles. The summed E-state index contributed by atoms with van der Waals surface area (Å²) in [5.74, 6) is 0.0821. The van der Waals surface area contributed by atoms with Crippen molar-refractivity contribution in [3.63, 3.8) is 0 Å². The van der Waals surface area contributed by atoms with Gasteiger partial charge in [0.2, 0.25) is 0 Å². The summed E-state index contributed by atoms with van der Waals surface area (Å²) >= 11 is 6.01. The molecule has 0 saturated heterocycles. The van der Waals surface area contributed by atoms with E-state index in [2.05, 4.69) is 15.9 Å². The maximum atomic E-state index is 12.9. The van der Waals surface area contributed by atoms with E-state index in [4.69, 9.17) is 11.6 Å². The van der Waals surface area contributed by atoms with Crippen molar-refractivity contribution >= 4 is 27.4 Å². The van der Waals surface area contributed by atoms with E-state index in [1.54, 1.807) is 42.5 Å². The molecule has 8 heteroatoms. The van der Waals surface area contributed by atoms with Crippen molar-refractivity contribution in [1.82, 2.24) is 9.78 Å². The number of anilines is 1. The van der Waals surface area contributed by atoms with Gasteiger partial charge in [-0.1, -0.05) is 72.3 Å². The van der Waals surface area contributed by atoms with Gasteiger partial charge < -0.3 is 0 Å². The van der Waals surface area contributed by atoms with Crippen LogP contribution in [0.5, 0.6) is 0 Å². The van der Waals surface area contributed by atoms with Crippen molar-refractivity contribution < 1.29 is 8.42 Å². The van der Waals surface area contributed by atoms with E-state index in [1.165, 1.54) is 16.8 Å². The fourth-order valence-corrected chi connectivity index (χ4v) is 4.35. The summed E-state index contributed by atoms with van der Waals surface area (Å²) in [5, 5.41) is 14.9. The number of sulfonamides is 1. The lowest BCUT2D eigenvalue weighted by Gasteiger charge is -2.08. The van der Waals surface area contributed by atoms with Gasteiger partial charge in [-0.15, -0.1) is 0 Å². The van der Waals surface area contributed by atoms with Gasteiger partial charge in [-0.3, -0.25) is 4.72 Å². The number of rotatable bonds is 6. The molecule has 0 unspecified atom stereocenters. The summed E-state index contributed by atoms with van der Waals surface area (Å²) in [7, 11) is -3.90. The molecular formula is C23H17ClN4O2S. The third-order valence-corrected chi connectivity index (χ3v) is 6.26. The number of aromatic nitrogens is 2. The van der Waals surface area contributed by atoms with Crippen LogP contribution in [0.25, 0.3) is 11.1 Å². The highest BCUT2D eigenvalue weighted by molar-refractivity contribution is 7.92. The lowest BCUT2D eigenvalue weighted by Crippen LogP contribution is -2.14. The predicted molar refractivity (Wildman–Crippen MR) is 120 cm³/mol. The molecule has 0 aliphatic carbocycles. The Balaban J connectivity index is 1.84. The minimum absolute atomic E-state index is 0.0821. The van der Waals surface area contributed by atoms with E-state index in [0.29, 0.717) is 22.7 Å². The third kappa shape index (κ3) is 4.45. The molecule has 0 aliphatic rings. The van der Waals surface area contributed by atoms with Gasteiger partial charge in [-0.2, -0.15) is 10.4 Å². The van der Waals surface area contributed by atoms with Gasteiger partial charge in [0, 0.05) is 5.02 Å². The normalized spacial score (nSPS) is 11.1. The maximum Gasteiger partial charge on any atom is 0.263 e. The summed E-state index contributed by atoms with van der Waals surface area (Å²) in [6.45, 7) is 0.317. The minimum Gasteiger partial charge on any atom is -0.261 e. The Hall–Kier alpha value is -3.60. The van der Waals surface area contributed by atoms with Gasteiger partial charge in [-0.05, 0) is 35.4 Å². The van der Waals surface area contributed by atoms with Crippen LogP contribution in [0.4, 0.5) is 5.82 Å². The van der Waals surface area contributed by atoms with Gasteiger partial charge in [0.15, 0.2) is 5.82 Å². The van der Waals surface area contributed by atoms with Crippen molar-refractivity contribution in [3.05, 3.63) is 101 Å². The van der Waals surface area contributed by atoms with Gasteiger partial charge in [-0.25, -0.2) is 13.1 Å². The quantitative estimate of drug-likeness (QED) is 0.453. The van der Waals surface area contributed by atoms with E-state index in [0.717, 1.165) is 5.56 Å². The van der Waals surface area contributed by atoms with Crippen LogP contribution in [0, 0.1) is 11.3 Å². The number of nitrogens with zero attached hydrogens (tertiary/aromatic N) is 3. The molecule has 0 amide bonds. The van der Waals surface area contributed by atoms with Crippen LogP contribution in [0.2, 0.25) is 5.02 Å². The molecule has 154 valence electrons. The molecule has 6 nitrogen and oxygen atoms in total. The largest absolute Gasteiger partial charge is 0.263 e. The smallest absolute Gasteiger partial charge is 0.261 e. The van der Waals surface area contributed by atoms with Gasteiger partial charge in [0.05, 0.1) is 17.0 Å². The van der Waals surface area contributed by atoms with Crippen molar-refractivity contribution in [2.45, 2.75) is 11.4 Å². The summed E-state index contributed by atoms with van der Waals surface area (Å²) in [4.78, 5) is 0.105. The zero-order valence-corrected chi connectivity index (χ0v) is 17.8. The lowest BCUT2D eigenvalue weighted by atomic mass is 10.1. The average molecular weight is 449 g/mol. The van der Waals surface area contributed by atoms with Crippen LogP contribution in [0.15, 0.2) is 89.8 Å². The third-order valence-electron chi connectivity index (χ3n) is 4.65. The Morgan fingerprint density at radius 1 is 0.935 bits per heavy atom. The van der Waals surface area contributed by atoms with Crippen LogP contribution in [0.3, 0.4) is 0 Å². The fourth-order valence-electron chi connectivity index (χ4n) is 3.19. The number of halogens is 1. The number of hydrogen-bond donors (Lipinski definition) is 1. The second-order valence-electron chi connectivity index (χ2n) is 6.75. The zero-order valence-electron chi connectivity index (χ0n) is 16.2. The summed E-state index contributed by atoms with van der Waals surface area (Å²) < 4.78 is 29.9. The molecule has 0 saturated carbocycles. The molecule has 0 radical (unpaired) electrons. The number of nitriles is 1. The number of benzene rings is 3.